The van der Waals surface area contributed by atoms with Gasteiger partial charge in [0.05, 0.1) is 12.7 Å². The van der Waals surface area contributed by atoms with Gasteiger partial charge in [-0.1, -0.05) is 34.7 Å². The van der Waals surface area contributed by atoms with Crippen LogP contribution in [0.1, 0.15) is 17.3 Å². The van der Waals surface area contributed by atoms with Gasteiger partial charge in [0.15, 0.2) is 3.42 Å². The highest BCUT2D eigenvalue weighted by Crippen LogP contribution is 2.21. The van der Waals surface area contributed by atoms with Crippen LogP contribution < -0.4 is 0 Å². The molecule has 0 aliphatic carbocycles. The molecule has 1 aromatic rings. The first-order valence-corrected chi connectivity index (χ1v) is 7.23. The molecule has 1 aromatic carbocycles. The highest BCUT2D eigenvalue weighted by atomic mass is 127. The molecule has 0 aromatic heterocycles. The molecular formula is C12H12I2O4. The van der Waals surface area contributed by atoms with Gasteiger partial charge in [-0.25, -0.2) is 4.79 Å². The van der Waals surface area contributed by atoms with Crippen LogP contribution in [-0.2, 0) is 14.3 Å². The highest BCUT2D eigenvalue weighted by molar-refractivity contribution is 14.1. The molecule has 0 bridgehead atoms. The van der Waals surface area contributed by atoms with Gasteiger partial charge in [0.25, 0.3) is 0 Å². The number of rotatable bonds is 4. The van der Waals surface area contributed by atoms with Crippen molar-refractivity contribution in [3.63, 3.8) is 0 Å². The summed E-state index contributed by atoms with van der Waals surface area (Å²) in [7, 11) is 1.31. The molecule has 1 rings (SSSR count). The van der Waals surface area contributed by atoms with E-state index in [9.17, 15) is 9.59 Å². The molecule has 0 fully saturated rings. The van der Waals surface area contributed by atoms with Crippen LogP contribution >= 0.6 is 45.2 Å². The van der Waals surface area contributed by atoms with Crippen LogP contribution in [-0.4, -0.2) is 29.1 Å². The predicted molar refractivity (Wildman–Crippen MR) is 83.9 cm³/mol. The second kappa shape index (κ2) is 6.69. The molecule has 0 aliphatic rings. The molecule has 0 saturated carbocycles. The molecule has 6 heteroatoms. The lowest BCUT2D eigenvalue weighted by Crippen LogP contribution is -2.35. The first kappa shape index (κ1) is 15.7. The number of esters is 2. The standard InChI is InChI=1S/C12H12I2O4/c1-12(14,11(16)17-2)7-18-10(15)8-5-3-4-6-9(8)13/h3-6H,7H2,1-2H3. The van der Waals surface area contributed by atoms with Crippen LogP contribution in [0.5, 0.6) is 0 Å². The minimum absolute atomic E-state index is 0.0238. The summed E-state index contributed by atoms with van der Waals surface area (Å²) in [6.45, 7) is 1.63. The molecule has 98 valence electrons. The fraction of sp³-hybridized carbons (Fsp3) is 0.333. The van der Waals surface area contributed by atoms with E-state index in [1.54, 1.807) is 19.1 Å². The van der Waals surface area contributed by atoms with Gasteiger partial charge in [-0.2, -0.15) is 0 Å². The Morgan fingerprint density at radius 1 is 1.33 bits per heavy atom. The minimum Gasteiger partial charge on any atom is -0.468 e. The Balaban J connectivity index is 2.68. The average molecular weight is 474 g/mol. The fourth-order valence-electron chi connectivity index (χ4n) is 1.18. The SMILES string of the molecule is COC(=O)C(C)(I)COC(=O)c1ccccc1I. The summed E-state index contributed by atoms with van der Waals surface area (Å²) in [6.07, 6.45) is 0. The van der Waals surface area contributed by atoms with Gasteiger partial charge >= 0.3 is 11.9 Å². The van der Waals surface area contributed by atoms with Crippen molar-refractivity contribution in [3.8, 4) is 0 Å². The van der Waals surface area contributed by atoms with Crippen LogP contribution in [0.3, 0.4) is 0 Å². The largest absolute Gasteiger partial charge is 0.468 e. The molecule has 1 unspecified atom stereocenters. The van der Waals surface area contributed by atoms with Crippen molar-refractivity contribution in [2.75, 3.05) is 13.7 Å². The summed E-state index contributed by atoms with van der Waals surface area (Å²) in [5, 5.41) is 0. The normalized spacial score (nSPS) is 13.6. The third-order valence-electron chi connectivity index (χ3n) is 2.18. The maximum Gasteiger partial charge on any atom is 0.339 e. The predicted octanol–water partition coefficient (Wildman–Crippen LogP) is 2.81. The quantitative estimate of drug-likeness (QED) is 0.383. The molecule has 0 saturated heterocycles. The van der Waals surface area contributed by atoms with E-state index in [1.165, 1.54) is 7.11 Å². The number of alkyl halides is 1. The van der Waals surface area contributed by atoms with Gasteiger partial charge in [-0.05, 0) is 41.6 Å². The van der Waals surface area contributed by atoms with E-state index >= 15 is 0 Å². The lowest BCUT2D eigenvalue weighted by molar-refractivity contribution is -0.143. The van der Waals surface area contributed by atoms with Gasteiger partial charge in [-0.15, -0.1) is 0 Å². The number of ether oxygens (including phenoxy) is 2. The van der Waals surface area contributed by atoms with Crippen molar-refractivity contribution in [1.82, 2.24) is 0 Å². The summed E-state index contributed by atoms with van der Waals surface area (Å²) in [5.41, 5.74) is 0.496. The van der Waals surface area contributed by atoms with E-state index in [4.69, 9.17) is 4.74 Å². The number of carbonyl (C=O) groups excluding carboxylic acids is 2. The zero-order chi connectivity index (χ0) is 13.8. The molecule has 0 spiro atoms. The topological polar surface area (TPSA) is 52.6 Å². The number of benzene rings is 1. The molecule has 0 N–H and O–H groups in total. The van der Waals surface area contributed by atoms with E-state index in [1.807, 2.05) is 34.7 Å². The second-order valence-corrected chi connectivity index (χ2v) is 7.29. The summed E-state index contributed by atoms with van der Waals surface area (Å²) < 4.78 is 9.72. The Bertz CT molecular complexity index is 457. The summed E-state index contributed by atoms with van der Waals surface area (Å²) >= 11 is 3.97. The Morgan fingerprint density at radius 3 is 2.50 bits per heavy atom. The van der Waals surface area contributed by atoms with E-state index in [0.29, 0.717) is 5.56 Å². The smallest absolute Gasteiger partial charge is 0.339 e. The van der Waals surface area contributed by atoms with Crippen molar-refractivity contribution >= 4 is 57.1 Å². The van der Waals surface area contributed by atoms with Crippen molar-refractivity contribution in [1.29, 1.82) is 0 Å². The highest BCUT2D eigenvalue weighted by Gasteiger charge is 2.33. The number of carbonyl (C=O) groups is 2. The lowest BCUT2D eigenvalue weighted by atomic mass is 10.2. The molecule has 0 amide bonds. The van der Waals surface area contributed by atoms with Gasteiger partial charge in [0.1, 0.15) is 6.61 Å². The number of hydrogen-bond acceptors (Lipinski definition) is 4. The maximum atomic E-state index is 11.8. The van der Waals surface area contributed by atoms with E-state index in [0.717, 1.165) is 3.57 Å². The average Bonchev–Trinajstić information content (AvgIpc) is 2.35. The van der Waals surface area contributed by atoms with Crippen molar-refractivity contribution < 1.29 is 19.1 Å². The third kappa shape index (κ3) is 4.08. The molecule has 0 aliphatic heterocycles. The first-order chi connectivity index (χ1) is 8.38. The zero-order valence-electron chi connectivity index (χ0n) is 9.91. The van der Waals surface area contributed by atoms with Crippen LogP contribution in [0, 0.1) is 3.57 Å². The van der Waals surface area contributed by atoms with Crippen LogP contribution in [0.2, 0.25) is 0 Å². The van der Waals surface area contributed by atoms with E-state index in [-0.39, 0.29) is 6.61 Å². The van der Waals surface area contributed by atoms with Gasteiger partial charge < -0.3 is 9.47 Å². The fourth-order valence-corrected chi connectivity index (χ4v) is 2.16. The van der Waals surface area contributed by atoms with Crippen LogP contribution in [0.4, 0.5) is 0 Å². The molecule has 0 radical (unpaired) electrons. The number of methoxy groups -OCH3 is 1. The van der Waals surface area contributed by atoms with Crippen molar-refractivity contribution in [2.24, 2.45) is 0 Å². The Kier molecular flexibility index (Phi) is 5.83. The zero-order valence-corrected chi connectivity index (χ0v) is 14.2. The second-order valence-electron chi connectivity index (χ2n) is 3.74. The van der Waals surface area contributed by atoms with Crippen LogP contribution in [0.25, 0.3) is 0 Å². The van der Waals surface area contributed by atoms with Crippen molar-refractivity contribution in [2.45, 2.75) is 10.3 Å². The monoisotopic (exact) mass is 474 g/mol. The summed E-state index contributed by atoms with van der Waals surface area (Å²) in [6, 6.07) is 7.12. The van der Waals surface area contributed by atoms with E-state index in [2.05, 4.69) is 27.3 Å². The molecule has 1 atom stereocenters. The van der Waals surface area contributed by atoms with Gasteiger partial charge in [0, 0.05) is 3.57 Å². The maximum absolute atomic E-state index is 11.8. The Morgan fingerprint density at radius 2 is 1.94 bits per heavy atom. The Hall–Kier alpha value is -0.380. The molecule has 4 nitrogen and oxygen atoms in total. The summed E-state index contributed by atoms with van der Waals surface area (Å²) in [5.74, 6) is -0.856. The lowest BCUT2D eigenvalue weighted by Gasteiger charge is -2.19. The molecule has 18 heavy (non-hydrogen) atoms. The number of hydrogen-bond donors (Lipinski definition) is 0. The minimum atomic E-state index is -0.873. The van der Waals surface area contributed by atoms with E-state index < -0.39 is 15.4 Å². The third-order valence-corrected chi connectivity index (χ3v) is 3.87. The van der Waals surface area contributed by atoms with Gasteiger partial charge in [0.2, 0.25) is 0 Å². The molecule has 0 heterocycles. The Labute approximate surface area is 133 Å². The van der Waals surface area contributed by atoms with Crippen LogP contribution in [0.15, 0.2) is 24.3 Å². The van der Waals surface area contributed by atoms with Crippen molar-refractivity contribution in [3.05, 3.63) is 33.4 Å². The molecular weight excluding hydrogens is 462 g/mol. The van der Waals surface area contributed by atoms with Gasteiger partial charge in [-0.3, -0.25) is 4.79 Å². The first-order valence-electron chi connectivity index (χ1n) is 5.07. The summed E-state index contributed by atoms with van der Waals surface area (Å²) in [4.78, 5) is 23.3. The number of halogens is 2.